The van der Waals surface area contributed by atoms with Crippen LogP contribution in [0.2, 0.25) is 0 Å². The van der Waals surface area contributed by atoms with E-state index >= 15 is 0 Å². The van der Waals surface area contributed by atoms with Gasteiger partial charge in [0.15, 0.2) is 0 Å². The number of hydrogen-bond donors (Lipinski definition) is 1. The molecule has 0 aliphatic heterocycles. The lowest BCUT2D eigenvalue weighted by Crippen LogP contribution is -2.43. The lowest BCUT2D eigenvalue weighted by Gasteiger charge is -2.50. The normalized spacial score (nSPS) is 39.8. The van der Waals surface area contributed by atoms with Crippen molar-refractivity contribution in [2.75, 3.05) is 6.61 Å². The van der Waals surface area contributed by atoms with Gasteiger partial charge in [-0.15, -0.1) is 0 Å². The molecule has 0 aromatic heterocycles. The minimum Gasteiger partial charge on any atom is -0.494 e. The summed E-state index contributed by atoms with van der Waals surface area (Å²) in [5.74, 6) is 3.24. The monoisotopic (exact) mass is 300 g/mol. The summed E-state index contributed by atoms with van der Waals surface area (Å²) >= 11 is 0. The van der Waals surface area contributed by atoms with E-state index in [1.165, 1.54) is 37.7 Å². The van der Waals surface area contributed by atoms with Gasteiger partial charge in [0.05, 0.1) is 12.7 Å². The van der Waals surface area contributed by atoms with Crippen LogP contribution in [0.25, 0.3) is 0 Å². The van der Waals surface area contributed by atoms with Crippen LogP contribution in [0.3, 0.4) is 0 Å². The quantitative estimate of drug-likeness (QED) is 0.882. The molecule has 0 heterocycles. The highest BCUT2D eigenvalue weighted by molar-refractivity contribution is 5.40. The van der Waals surface area contributed by atoms with Gasteiger partial charge in [-0.1, -0.05) is 13.0 Å². The Bertz CT molecular complexity index is 567. The van der Waals surface area contributed by atoms with Crippen LogP contribution in [-0.2, 0) is 6.42 Å². The average molecular weight is 300 g/mol. The third-order valence-electron chi connectivity index (χ3n) is 6.96. The summed E-state index contributed by atoms with van der Waals surface area (Å²) in [6.07, 6.45) is 7.08. The number of aryl methyl sites for hydroxylation is 1. The van der Waals surface area contributed by atoms with E-state index in [1.807, 2.05) is 6.92 Å². The molecule has 3 aliphatic carbocycles. The molecule has 1 N–H and O–H groups in total. The number of ether oxygens (including phenoxy) is 1. The second kappa shape index (κ2) is 5.26. The van der Waals surface area contributed by atoms with Crippen LogP contribution < -0.4 is 4.74 Å². The van der Waals surface area contributed by atoms with E-state index < -0.39 is 0 Å². The highest BCUT2D eigenvalue weighted by Crippen LogP contribution is 2.60. The molecule has 0 unspecified atom stereocenters. The van der Waals surface area contributed by atoms with Crippen LogP contribution >= 0.6 is 0 Å². The first-order valence-electron chi connectivity index (χ1n) is 9.07. The summed E-state index contributed by atoms with van der Waals surface area (Å²) in [4.78, 5) is 0. The van der Waals surface area contributed by atoms with Gasteiger partial charge in [-0.3, -0.25) is 0 Å². The van der Waals surface area contributed by atoms with Crippen LogP contribution in [0.1, 0.15) is 63.0 Å². The van der Waals surface area contributed by atoms with Gasteiger partial charge in [0, 0.05) is 0 Å². The van der Waals surface area contributed by atoms with Crippen LogP contribution in [0.5, 0.6) is 5.75 Å². The van der Waals surface area contributed by atoms with E-state index in [-0.39, 0.29) is 11.5 Å². The molecule has 1 aromatic rings. The van der Waals surface area contributed by atoms with E-state index in [0.29, 0.717) is 5.92 Å². The van der Waals surface area contributed by atoms with Crippen LogP contribution in [0.4, 0.5) is 0 Å². The molecule has 4 rings (SSSR count). The molecule has 2 fully saturated rings. The first-order valence-corrected chi connectivity index (χ1v) is 9.07. The van der Waals surface area contributed by atoms with Crippen molar-refractivity contribution < 1.29 is 9.84 Å². The molecule has 22 heavy (non-hydrogen) atoms. The molecule has 120 valence electrons. The zero-order valence-corrected chi connectivity index (χ0v) is 13.8. The molecule has 0 amide bonds. The molecule has 5 atom stereocenters. The fraction of sp³-hybridized carbons (Fsp3) is 0.700. The Labute approximate surface area is 133 Å². The Balaban J connectivity index is 1.64. The van der Waals surface area contributed by atoms with Crippen LogP contribution in [0, 0.1) is 17.3 Å². The number of fused-ring (bicyclic) bond motifs is 5. The maximum absolute atomic E-state index is 10.4. The van der Waals surface area contributed by atoms with Gasteiger partial charge < -0.3 is 9.84 Å². The predicted octanol–water partition coefficient (Wildman–Crippen LogP) is 4.30. The van der Waals surface area contributed by atoms with E-state index in [1.54, 1.807) is 5.56 Å². The number of aliphatic hydroxyl groups excluding tert-OH is 1. The smallest absolute Gasteiger partial charge is 0.119 e. The molecule has 0 radical (unpaired) electrons. The first kappa shape index (κ1) is 14.6. The molecular weight excluding hydrogens is 272 g/mol. The van der Waals surface area contributed by atoms with Crippen molar-refractivity contribution >= 4 is 0 Å². The van der Waals surface area contributed by atoms with Gasteiger partial charge in [0.2, 0.25) is 0 Å². The fourth-order valence-corrected chi connectivity index (χ4v) is 5.79. The van der Waals surface area contributed by atoms with E-state index in [9.17, 15) is 5.11 Å². The Morgan fingerprint density at radius 1 is 1.23 bits per heavy atom. The minimum absolute atomic E-state index is 0.0693. The summed E-state index contributed by atoms with van der Waals surface area (Å²) in [6.45, 7) is 5.13. The second-order valence-electron chi connectivity index (χ2n) is 7.85. The molecule has 0 saturated heterocycles. The fourth-order valence-electron chi connectivity index (χ4n) is 5.79. The van der Waals surface area contributed by atoms with Crippen LogP contribution in [-0.4, -0.2) is 17.8 Å². The number of hydrogen-bond acceptors (Lipinski definition) is 2. The molecule has 0 spiro atoms. The van der Waals surface area contributed by atoms with Crippen molar-refractivity contribution in [3.05, 3.63) is 29.3 Å². The first-order chi connectivity index (χ1) is 10.6. The topological polar surface area (TPSA) is 29.5 Å². The van der Waals surface area contributed by atoms with Crippen molar-refractivity contribution in [2.45, 2.75) is 64.4 Å². The van der Waals surface area contributed by atoms with Crippen molar-refractivity contribution in [1.29, 1.82) is 0 Å². The highest BCUT2D eigenvalue weighted by Gasteiger charge is 2.54. The molecular formula is C20H28O2. The standard InChI is InChI=1S/C20H28O2/c1-3-22-14-5-7-15-13(12-14)4-6-17-16(15)10-11-20(2)18(17)8-9-19(20)21/h5,7,12,16-19,21H,3-4,6,8-11H2,1-2H3/t16-,17-,18+,19+,20+/m1/s1. The molecule has 2 nitrogen and oxygen atoms in total. The number of benzene rings is 1. The zero-order valence-electron chi connectivity index (χ0n) is 13.8. The van der Waals surface area contributed by atoms with Crippen molar-refractivity contribution in [3.63, 3.8) is 0 Å². The van der Waals surface area contributed by atoms with Crippen LogP contribution in [0.15, 0.2) is 18.2 Å². The number of aliphatic hydroxyl groups is 1. The van der Waals surface area contributed by atoms with Gasteiger partial charge in [-0.05, 0) is 91.9 Å². The summed E-state index contributed by atoms with van der Waals surface area (Å²) in [5, 5.41) is 10.4. The maximum atomic E-state index is 10.4. The summed E-state index contributed by atoms with van der Waals surface area (Å²) in [7, 11) is 0. The second-order valence-corrected chi connectivity index (χ2v) is 7.85. The molecule has 2 heteroatoms. The van der Waals surface area contributed by atoms with Crippen molar-refractivity contribution in [2.24, 2.45) is 17.3 Å². The zero-order chi connectivity index (χ0) is 15.3. The van der Waals surface area contributed by atoms with Crippen molar-refractivity contribution in [3.8, 4) is 5.75 Å². The van der Waals surface area contributed by atoms with E-state index in [4.69, 9.17) is 4.74 Å². The third kappa shape index (κ3) is 2.03. The lowest BCUT2D eigenvalue weighted by atomic mass is 9.55. The SMILES string of the molecule is CCOc1ccc2c(c1)CC[C@@H]1[C@@H]2CC[C@]2(C)[C@@H](O)CC[C@@H]12. The maximum Gasteiger partial charge on any atom is 0.119 e. The summed E-state index contributed by atoms with van der Waals surface area (Å²) in [5.41, 5.74) is 3.27. The lowest BCUT2D eigenvalue weighted by molar-refractivity contribution is -0.0226. The Morgan fingerprint density at radius 2 is 2.09 bits per heavy atom. The Morgan fingerprint density at radius 3 is 2.91 bits per heavy atom. The molecule has 2 saturated carbocycles. The highest BCUT2D eigenvalue weighted by atomic mass is 16.5. The van der Waals surface area contributed by atoms with Gasteiger partial charge in [0.25, 0.3) is 0 Å². The summed E-state index contributed by atoms with van der Waals surface area (Å²) in [6, 6.07) is 6.75. The number of rotatable bonds is 2. The van der Waals surface area contributed by atoms with E-state index in [2.05, 4.69) is 25.1 Å². The summed E-state index contributed by atoms with van der Waals surface area (Å²) < 4.78 is 5.67. The van der Waals surface area contributed by atoms with Crippen molar-refractivity contribution in [1.82, 2.24) is 0 Å². The Kier molecular flexibility index (Phi) is 3.48. The largest absolute Gasteiger partial charge is 0.494 e. The van der Waals surface area contributed by atoms with Gasteiger partial charge in [-0.2, -0.15) is 0 Å². The van der Waals surface area contributed by atoms with E-state index in [0.717, 1.165) is 30.6 Å². The average Bonchev–Trinajstić information content (AvgIpc) is 2.83. The predicted molar refractivity (Wildman–Crippen MR) is 88.2 cm³/mol. The Hall–Kier alpha value is -1.02. The van der Waals surface area contributed by atoms with Gasteiger partial charge >= 0.3 is 0 Å². The molecule has 1 aromatic carbocycles. The third-order valence-corrected chi connectivity index (χ3v) is 6.96. The molecule has 0 bridgehead atoms. The van der Waals surface area contributed by atoms with Gasteiger partial charge in [0.1, 0.15) is 5.75 Å². The minimum atomic E-state index is -0.0693. The van der Waals surface area contributed by atoms with Gasteiger partial charge in [-0.25, -0.2) is 0 Å². The molecule has 3 aliphatic rings.